The molecular formula is C18H19NO2. The van der Waals surface area contributed by atoms with Crippen LogP contribution in [0.15, 0.2) is 24.3 Å². The predicted molar refractivity (Wildman–Crippen MR) is 78.0 cm³/mol. The Morgan fingerprint density at radius 1 is 0.952 bits per heavy atom. The molecule has 0 aromatic heterocycles. The van der Waals surface area contributed by atoms with Crippen LogP contribution in [0.3, 0.4) is 0 Å². The van der Waals surface area contributed by atoms with Gasteiger partial charge in [0.2, 0.25) is 0 Å². The molecule has 5 aliphatic rings. The number of amides is 1. The molecule has 1 aromatic rings. The van der Waals surface area contributed by atoms with Crippen molar-refractivity contribution in [2.24, 2.45) is 23.7 Å². The third-order valence-electron chi connectivity index (χ3n) is 6.39. The largest absolute Gasteiger partial charge is 0.346 e. The van der Waals surface area contributed by atoms with Crippen molar-refractivity contribution >= 4 is 11.7 Å². The third kappa shape index (κ3) is 1.44. The van der Waals surface area contributed by atoms with E-state index in [0.717, 1.165) is 12.8 Å². The number of rotatable bonds is 0. The van der Waals surface area contributed by atoms with E-state index in [2.05, 4.69) is 5.32 Å². The van der Waals surface area contributed by atoms with Gasteiger partial charge in [0.05, 0.1) is 11.1 Å². The van der Waals surface area contributed by atoms with Crippen LogP contribution in [0, 0.1) is 23.7 Å². The fourth-order valence-corrected chi connectivity index (χ4v) is 6.04. The van der Waals surface area contributed by atoms with Crippen molar-refractivity contribution in [1.82, 2.24) is 5.32 Å². The molecule has 4 fully saturated rings. The van der Waals surface area contributed by atoms with E-state index in [0.29, 0.717) is 28.9 Å². The molecule has 1 spiro atoms. The summed E-state index contributed by atoms with van der Waals surface area (Å²) in [6.07, 6.45) is 5.70. The summed E-state index contributed by atoms with van der Waals surface area (Å²) in [4.78, 5) is 25.8. The van der Waals surface area contributed by atoms with Gasteiger partial charge in [-0.2, -0.15) is 0 Å². The topological polar surface area (TPSA) is 46.2 Å². The molecule has 3 nitrogen and oxygen atoms in total. The molecule has 1 aromatic carbocycles. The summed E-state index contributed by atoms with van der Waals surface area (Å²) in [5.41, 5.74) is 0.969. The summed E-state index contributed by atoms with van der Waals surface area (Å²) in [6, 6.07) is 7.35. The fraction of sp³-hybridized carbons (Fsp3) is 0.556. The van der Waals surface area contributed by atoms with E-state index < -0.39 is 0 Å². The molecule has 3 unspecified atom stereocenters. The highest BCUT2D eigenvalue weighted by molar-refractivity contribution is 6.11. The number of hydrogen-bond acceptors (Lipinski definition) is 2. The lowest BCUT2D eigenvalue weighted by atomic mass is 9.47. The second-order valence-electron chi connectivity index (χ2n) is 7.61. The van der Waals surface area contributed by atoms with Crippen LogP contribution in [-0.4, -0.2) is 17.2 Å². The number of Topliss-reactive ketones (excluding diaryl/α,β-unsaturated/α-hetero) is 1. The Balaban J connectivity index is 1.70. The van der Waals surface area contributed by atoms with Crippen LogP contribution >= 0.6 is 0 Å². The zero-order valence-electron chi connectivity index (χ0n) is 12.0. The van der Waals surface area contributed by atoms with Gasteiger partial charge < -0.3 is 5.32 Å². The number of carbonyl (C=O) groups excluding carboxylic acids is 2. The van der Waals surface area contributed by atoms with E-state index >= 15 is 0 Å². The van der Waals surface area contributed by atoms with Crippen LogP contribution < -0.4 is 5.32 Å². The second kappa shape index (κ2) is 3.76. The molecule has 108 valence electrons. The standard InChI is InChI=1S/C18H19NO2/c20-16-13-3-1-2-4-14(13)17(21)19-18-8-10-5-11(9-18)7-12(6-10)15(16)18/h1-4,10-12,15H,5-9H2,(H,19,21)/t10-,11+,12?,15?,18?. The lowest BCUT2D eigenvalue weighted by Crippen LogP contribution is -2.66. The molecular weight excluding hydrogens is 262 g/mol. The first-order valence-corrected chi connectivity index (χ1v) is 8.12. The zero-order valence-corrected chi connectivity index (χ0v) is 12.0. The minimum Gasteiger partial charge on any atom is -0.346 e. The van der Waals surface area contributed by atoms with Crippen LogP contribution in [0.1, 0.15) is 52.8 Å². The SMILES string of the molecule is O=C1NC23C[C@@H]4CC(C[C@@H](C4)C2)C3C(=O)c2ccccc21. The smallest absolute Gasteiger partial charge is 0.252 e. The average molecular weight is 281 g/mol. The Hall–Kier alpha value is -1.64. The first kappa shape index (κ1) is 12.0. The molecule has 1 aliphatic heterocycles. The van der Waals surface area contributed by atoms with Gasteiger partial charge in [-0.3, -0.25) is 9.59 Å². The number of benzene rings is 1. The van der Waals surface area contributed by atoms with Crippen molar-refractivity contribution in [3.05, 3.63) is 35.4 Å². The summed E-state index contributed by atoms with van der Waals surface area (Å²) >= 11 is 0. The van der Waals surface area contributed by atoms with Gasteiger partial charge in [-0.1, -0.05) is 18.2 Å². The first-order valence-electron chi connectivity index (χ1n) is 8.12. The molecule has 0 radical (unpaired) electrons. The molecule has 1 N–H and O–H groups in total. The number of hydrogen-bond donors (Lipinski definition) is 1. The summed E-state index contributed by atoms with van der Waals surface area (Å²) in [5, 5.41) is 3.31. The Kier molecular flexibility index (Phi) is 2.14. The van der Waals surface area contributed by atoms with Crippen LogP contribution in [0.4, 0.5) is 0 Å². The quantitative estimate of drug-likeness (QED) is 0.795. The molecule has 0 saturated heterocycles. The monoisotopic (exact) mass is 281 g/mol. The molecule has 21 heavy (non-hydrogen) atoms. The lowest BCUT2D eigenvalue weighted by molar-refractivity contribution is -0.0546. The van der Waals surface area contributed by atoms with Gasteiger partial charge in [0, 0.05) is 11.5 Å². The number of ketones is 1. The molecule has 4 saturated carbocycles. The Labute approximate surface area is 124 Å². The van der Waals surface area contributed by atoms with Gasteiger partial charge in [-0.05, 0) is 55.9 Å². The lowest BCUT2D eigenvalue weighted by Gasteiger charge is -2.60. The Morgan fingerprint density at radius 2 is 1.62 bits per heavy atom. The molecule has 1 amide bonds. The van der Waals surface area contributed by atoms with Gasteiger partial charge in [0.1, 0.15) is 0 Å². The number of fused-ring (bicyclic) bond motifs is 1. The van der Waals surface area contributed by atoms with E-state index in [1.807, 2.05) is 18.2 Å². The summed E-state index contributed by atoms with van der Waals surface area (Å²) < 4.78 is 0. The van der Waals surface area contributed by atoms with Gasteiger partial charge in [0.15, 0.2) is 5.78 Å². The van der Waals surface area contributed by atoms with Crippen molar-refractivity contribution in [3.63, 3.8) is 0 Å². The fourth-order valence-electron chi connectivity index (χ4n) is 6.04. The van der Waals surface area contributed by atoms with Crippen molar-refractivity contribution in [2.75, 3.05) is 0 Å². The average Bonchev–Trinajstić information content (AvgIpc) is 2.53. The predicted octanol–water partition coefficient (Wildman–Crippen LogP) is 2.81. The Bertz CT molecular complexity index is 651. The summed E-state index contributed by atoms with van der Waals surface area (Å²) in [5.74, 6) is 2.10. The maximum Gasteiger partial charge on any atom is 0.252 e. The van der Waals surface area contributed by atoms with Crippen LogP contribution in [0.25, 0.3) is 0 Å². The third-order valence-corrected chi connectivity index (χ3v) is 6.39. The molecule has 4 bridgehead atoms. The summed E-state index contributed by atoms with van der Waals surface area (Å²) in [6.45, 7) is 0. The van der Waals surface area contributed by atoms with E-state index in [-0.39, 0.29) is 23.1 Å². The maximum atomic E-state index is 13.2. The van der Waals surface area contributed by atoms with Crippen molar-refractivity contribution in [3.8, 4) is 0 Å². The van der Waals surface area contributed by atoms with E-state index in [9.17, 15) is 9.59 Å². The van der Waals surface area contributed by atoms with Crippen molar-refractivity contribution < 1.29 is 9.59 Å². The minimum absolute atomic E-state index is 0.0119. The highest BCUT2D eigenvalue weighted by Crippen LogP contribution is 2.59. The van der Waals surface area contributed by atoms with E-state index in [4.69, 9.17) is 0 Å². The maximum absolute atomic E-state index is 13.2. The van der Waals surface area contributed by atoms with Crippen molar-refractivity contribution in [1.29, 1.82) is 0 Å². The highest BCUT2D eigenvalue weighted by Gasteiger charge is 2.61. The summed E-state index contributed by atoms with van der Waals surface area (Å²) in [7, 11) is 0. The van der Waals surface area contributed by atoms with Crippen LogP contribution in [0.2, 0.25) is 0 Å². The van der Waals surface area contributed by atoms with Gasteiger partial charge in [0.25, 0.3) is 5.91 Å². The Morgan fingerprint density at radius 3 is 2.33 bits per heavy atom. The van der Waals surface area contributed by atoms with E-state index in [1.165, 1.54) is 19.3 Å². The second-order valence-corrected chi connectivity index (χ2v) is 7.61. The first-order chi connectivity index (χ1) is 10.2. The van der Waals surface area contributed by atoms with Gasteiger partial charge >= 0.3 is 0 Å². The van der Waals surface area contributed by atoms with Gasteiger partial charge in [-0.15, -0.1) is 0 Å². The molecule has 6 rings (SSSR count). The van der Waals surface area contributed by atoms with Gasteiger partial charge in [-0.25, -0.2) is 0 Å². The molecule has 1 heterocycles. The normalized spacial score (nSPS) is 43.0. The highest BCUT2D eigenvalue weighted by atomic mass is 16.2. The number of carbonyl (C=O) groups is 2. The zero-order chi connectivity index (χ0) is 14.2. The van der Waals surface area contributed by atoms with Crippen LogP contribution in [-0.2, 0) is 0 Å². The van der Waals surface area contributed by atoms with Crippen LogP contribution in [0.5, 0.6) is 0 Å². The molecule has 4 aliphatic carbocycles. The minimum atomic E-state index is -0.248. The number of nitrogens with one attached hydrogen (secondary N) is 1. The van der Waals surface area contributed by atoms with E-state index in [1.54, 1.807) is 6.07 Å². The molecule has 5 atom stereocenters. The molecule has 3 heteroatoms. The van der Waals surface area contributed by atoms with Crippen molar-refractivity contribution in [2.45, 2.75) is 37.6 Å².